The molecule has 1 aromatic heterocycles. The molecule has 0 spiro atoms. The fraction of sp³-hybridized carbons (Fsp3) is 0.278. The van der Waals surface area contributed by atoms with E-state index in [0.717, 1.165) is 18.2 Å². The summed E-state index contributed by atoms with van der Waals surface area (Å²) in [6.07, 6.45) is 2.40. The van der Waals surface area contributed by atoms with Crippen molar-refractivity contribution in [2.24, 2.45) is 0 Å². The minimum atomic E-state index is -3.17. The van der Waals surface area contributed by atoms with Gasteiger partial charge in [-0.15, -0.1) is 0 Å². The molecule has 0 atom stereocenters. The summed E-state index contributed by atoms with van der Waals surface area (Å²) < 4.78 is 63.4. The minimum absolute atomic E-state index is 0.104. The van der Waals surface area contributed by atoms with E-state index in [-0.39, 0.29) is 17.9 Å². The Morgan fingerprint density at radius 3 is 2.44 bits per heavy atom. The van der Waals surface area contributed by atoms with Crippen LogP contribution in [0.25, 0.3) is 6.08 Å². The average molecular weight is 387 g/mol. The van der Waals surface area contributed by atoms with E-state index >= 15 is 0 Å². The fourth-order valence-electron chi connectivity index (χ4n) is 2.20. The fourth-order valence-corrected chi connectivity index (χ4v) is 2.20. The SMILES string of the molecule is Cc1ccc(CN(C)C(=O)/C=C/c2ccc(OC(F)F)cc2OC(F)F)o1. The molecule has 0 saturated carbocycles. The number of carbonyl (C=O) groups excluding carboxylic acids is 1. The number of rotatable bonds is 8. The molecular formula is C18H17F4NO4. The Kier molecular flexibility index (Phi) is 6.86. The second-order valence-corrected chi connectivity index (χ2v) is 5.50. The van der Waals surface area contributed by atoms with Crippen molar-refractivity contribution in [1.29, 1.82) is 0 Å². The molecule has 0 radical (unpaired) electrons. The lowest BCUT2D eigenvalue weighted by molar-refractivity contribution is -0.125. The first kappa shape index (κ1) is 20.3. The topological polar surface area (TPSA) is 51.9 Å². The standard InChI is InChI=1S/C18H17F4NO4/c1-11-3-6-14(25-11)10-23(2)16(24)8-5-12-4-7-13(26-17(19)20)9-15(12)27-18(21)22/h3-9,17-18H,10H2,1-2H3/b8-5+. The molecule has 0 aliphatic carbocycles. The predicted molar refractivity (Wildman–Crippen MR) is 88.7 cm³/mol. The summed E-state index contributed by atoms with van der Waals surface area (Å²) >= 11 is 0. The van der Waals surface area contributed by atoms with E-state index in [1.165, 1.54) is 17.0 Å². The summed E-state index contributed by atoms with van der Waals surface area (Å²) in [5.74, 6) is 0.152. The lowest BCUT2D eigenvalue weighted by Gasteiger charge is -2.14. The third-order valence-corrected chi connectivity index (χ3v) is 3.40. The van der Waals surface area contributed by atoms with Crippen molar-refractivity contribution in [3.05, 3.63) is 53.5 Å². The molecule has 2 rings (SSSR count). The summed E-state index contributed by atoms with van der Waals surface area (Å²) in [5, 5.41) is 0. The van der Waals surface area contributed by atoms with Gasteiger partial charge in [0, 0.05) is 24.8 Å². The van der Waals surface area contributed by atoms with Gasteiger partial charge in [0.2, 0.25) is 5.91 Å². The Balaban J connectivity index is 2.12. The van der Waals surface area contributed by atoms with Crippen molar-refractivity contribution in [3.8, 4) is 11.5 Å². The van der Waals surface area contributed by atoms with Crippen molar-refractivity contribution < 1.29 is 36.2 Å². The van der Waals surface area contributed by atoms with Crippen molar-refractivity contribution in [3.63, 3.8) is 0 Å². The van der Waals surface area contributed by atoms with Crippen LogP contribution in [-0.4, -0.2) is 31.1 Å². The molecule has 0 aliphatic rings. The monoisotopic (exact) mass is 387 g/mol. The minimum Gasteiger partial charge on any atom is -0.464 e. The van der Waals surface area contributed by atoms with Crippen LogP contribution in [0.5, 0.6) is 11.5 Å². The largest absolute Gasteiger partial charge is 0.464 e. The third kappa shape index (κ3) is 6.36. The maximum Gasteiger partial charge on any atom is 0.387 e. The lowest BCUT2D eigenvalue weighted by Crippen LogP contribution is -2.23. The van der Waals surface area contributed by atoms with Crippen LogP contribution in [0.2, 0.25) is 0 Å². The molecule has 2 aromatic rings. The molecular weight excluding hydrogens is 370 g/mol. The summed E-state index contributed by atoms with van der Waals surface area (Å²) in [6, 6.07) is 6.79. The molecule has 0 aliphatic heterocycles. The second kappa shape index (κ2) is 9.11. The third-order valence-electron chi connectivity index (χ3n) is 3.40. The van der Waals surface area contributed by atoms with E-state index in [4.69, 9.17) is 4.42 Å². The first-order valence-electron chi connectivity index (χ1n) is 7.76. The molecule has 27 heavy (non-hydrogen) atoms. The first-order valence-corrected chi connectivity index (χ1v) is 7.76. The van der Waals surface area contributed by atoms with Crippen LogP contribution in [0.1, 0.15) is 17.1 Å². The summed E-state index contributed by atoms with van der Waals surface area (Å²) in [7, 11) is 1.54. The van der Waals surface area contributed by atoms with E-state index in [0.29, 0.717) is 11.5 Å². The maximum atomic E-state index is 12.5. The van der Waals surface area contributed by atoms with Crippen molar-refractivity contribution >= 4 is 12.0 Å². The maximum absolute atomic E-state index is 12.5. The summed E-state index contributed by atoms with van der Waals surface area (Å²) in [6.45, 7) is -4.28. The highest BCUT2D eigenvalue weighted by Gasteiger charge is 2.13. The number of hydrogen-bond acceptors (Lipinski definition) is 4. The average Bonchev–Trinajstić information content (AvgIpc) is 2.97. The Morgan fingerprint density at radius 1 is 1.15 bits per heavy atom. The van der Waals surface area contributed by atoms with Gasteiger partial charge in [-0.2, -0.15) is 17.6 Å². The molecule has 1 aromatic carbocycles. The highest BCUT2D eigenvalue weighted by molar-refractivity contribution is 5.92. The van der Waals surface area contributed by atoms with E-state index in [2.05, 4.69) is 9.47 Å². The smallest absolute Gasteiger partial charge is 0.387 e. The summed E-state index contributed by atoms with van der Waals surface area (Å²) in [5.41, 5.74) is 0.104. The first-order chi connectivity index (χ1) is 12.7. The molecule has 0 N–H and O–H groups in total. The van der Waals surface area contributed by atoms with Gasteiger partial charge in [0.1, 0.15) is 23.0 Å². The van der Waals surface area contributed by atoms with E-state index in [9.17, 15) is 22.4 Å². The van der Waals surface area contributed by atoms with Crippen LogP contribution in [0.4, 0.5) is 17.6 Å². The van der Waals surface area contributed by atoms with Gasteiger partial charge in [0.15, 0.2) is 0 Å². The number of likely N-dealkylation sites (N-methyl/N-ethyl adjacent to an activating group) is 1. The van der Waals surface area contributed by atoms with Crippen molar-refractivity contribution in [2.75, 3.05) is 7.05 Å². The number of hydrogen-bond donors (Lipinski definition) is 0. The number of alkyl halides is 4. The van der Waals surface area contributed by atoms with Gasteiger partial charge < -0.3 is 18.8 Å². The molecule has 5 nitrogen and oxygen atoms in total. The number of aryl methyl sites for hydroxylation is 1. The van der Waals surface area contributed by atoms with Crippen molar-refractivity contribution in [1.82, 2.24) is 4.90 Å². The zero-order chi connectivity index (χ0) is 20.0. The Morgan fingerprint density at radius 2 is 1.85 bits per heavy atom. The highest BCUT2D eigenvalue weighted by Crippen LogP contribution is 2.28. The number of nitrogens with zero attached hydrogens (tertiary/aromatic N) is 1. The molecule has 0 fully saturated rings. The Bertz CT molecular complexity index is 804. The van der Waals surface area contributed by atoms with Crippen LogP contribution >= 0.6 is 0 Å². The molecule has 9 heteroatoms. The molecule has 0 saturated heterocycles. The normalized spacial score (nSPS) is 11.4. The van der Waals surface area contributed by atoms with E-state index in [1.54, 1.807) is 26.1 Å². The number of halogens is 4. The van der Waals surface area contributed by atoms with Gasteiger partial charge in [0.05, 0.1) is 6.54 Å². The van der Waals surface area contributed by atoms with Gasteiger partial charge in [-0.05, 0) is 37.3 Å². The second-order valence-electron chi connectivity index (χ2n) is 5.50. The zero-order valence-corrected chi connectivity index (χ0v) is 14.5. The predicted octanol–water partition coefficient (Wildman–Crippen LogP) is 4.46. The van der Waals surface area contributed by atoms with Gasteiger partial charge in [-0.25, -0.2) is 0 Å². The number of amides is 1. The van der Waals surface area contributed by atoms with E-state index in [1.807, 2.05) is 0 Å². The number of ether oxygens (including phenoxy) is 2. The van der Waals surface area contributed by atoms with Crippen LogP contribution in [-0.2, 0) is 11.3 Å². The lowest BCUT2D eigenvalue weighted by atomic mass is 10.1. The molecule has 1 amide bonds. The van der Waals surface area contributed by atoms with Crippen LogP contribution in [0, 0.1) is 6.92 Å². The number of benzene rings is 1. The van der Waals surface area contributed by atoms with E-state index < -0.39 is 24.9 Å². The van der Waals surface area contributed by atoms with Gasteiger partial charge in [-0.1, -0.05) is 0 Å². The highest BCUT2D eigenvalue weighted by atomic mass is 19.3. The van der Waals surface area contributed by atoms with Gasteiger partial charge in [0.25, 0.3) is 0 Å². The van der Waals surface area contributed by atoms with Crippen LogP contribution in [0.3, 0.4) is 0 Å². The molecule has 146 valence electrons. The Hall–Kier alpha value is -2.97. The molecule has 0 unspecified atom stereocenters. The summed E-state index contributed by atoms with van der Waals surface area (Å²) in [4.78, 5) is 13.5. The quantitative estimate of drug-likeness (QED) is 0.496. The van der Waals surface area contributed by atoms with Crippen molar-refractivity contribution in [2.45, 2.75) is 26.7 Å². The number of furan rings is 1. The van der Waals surface area contributed by atoms with Crippen LogP contribution in [0.15, 0.2) is 40.8 Å². The van der Waals surface area contributed by atoms with Gasteiger partial charge in [-0.3, -0.25) is 4.79 Å². The van der Waals surface area contributed by atoms with Gasteiger partial charge >= 0.3 is 13.2 Å². The number of carbonyl (C=O) groups is 1. The zero-order valence-electron chi connectivity index (χ0n) is 14.5. The Labute approximate surface area is 152 Å². The molecule has 1 heterocycles. The van der Waals surface area contributed by atoms with Crippen LogP contribution < -0.4 is 9.47 Å². The molecule has 0 bridgehead atoms.